The third kappa shape index (κ3) is 4.37. The van der Waals surface area contributed by atoms with Crippen molar-refractivity contribution in [3.05, 3.63) is 53.6 Å². The van der Waals surface area contributed by atoms with Crippen molar-refractivity contribution >= 4 is 38.5 Å². The first kappa shape index (κ1) is 17.9. The van der Waals surface area contributed by atoms with Gasteiger partial charge in [0.25, 0.3) is 5.91 Å². The summed E-state index contributed by atoms with van der Waals surface area (Å²) in [7, 11) is 1.55. The highest BCUT2D eigenvalue weighted by molar-refractivity contribution is 7.22. The second-order valence-electron chi connectivity index (χ2n) is 5.78. The number of methoxy groups -OCH3 is 1. The Morgan fingerprint density at radius 1 is 1.19 bits per heavy atom. The van der Waals surface area contributed by atoms with Gasteiger partial charge in [-0.05, 0) is 42.8 Å². The molecule has 0 aliphatic heterocycles. The molecular formula is C19H19N3O3S. The fraction of sp³-hybridized carbons (Fsp3) is 0.211. The predicted molar refractivity (Wildman–Crippen MR) is 103 cm³/mol. The smallest absolute Gasteiger partial charge is 0.251 e. The van der Waals surface area contributed by atoms with Gasteiger partial charge in [-0.1, -0.05) is 23.5 Å². The van der Waals surface area contributed by atoms with Gasteiger partial charge in [-0.3, -0.25) is 9.59 Å². The van der Waals surface area contributed by atoms with Gasteiger partial charge in [-0.2, -0.15) is 0 Å². The first-order valence-corrected chi connectivity index (χ1v) is 8.96. The zero-order valence-electron chi connectivity index (χ0n) is 14.5. The molecule has 0 spiro atoms. The molecule has 0 radical (unpaired) electrons. The maximum absolute atomic E-state index is 12.1. The Balaban J connectivity index is 1.51. The quantitative estimate of drug-likeness (QED) is 0.698. The van der Waals surface area contributed by atoms with Gasteiger partial charge in [0.1, 0.15) is 5.75 Å². The summed E-state index contributed by atoms with van der Waals surface area (Å²) in [6.45, 7) is 2.26. The molecule has 0 saturated heterocycles. The third-order valence-electron chi connectivity index (χ3n) is 3.76. The van der Waals surface area contributed by atoms with E-state index in [0.29, 0.717) is 16.4 Å². The van der Waals surface area contributed by atoms with Gasteiger partial charge in [0.15, 0.2) is 5.13 Å². The number of ether oxygens (including phenoxy) is 1. The lowest BCUT2D eigenvalue weighted by atomic mass is 10.2. The summed E-state index contributed by atoms with van der Waals surface area (Å²) < 4.78 is 6.13. The molecule has 134 valence electrons. The lowest BCUT2D eigenvalue weighted by Gasteiger charge is -2.06. The number of hydrogen-bond acceptors (Lipinski definition) is 5. The minimum absolute atomic E-state index is 0.171. The molecule has 3 rings (SSSR count). The molecule has 0 saturated carbocycles. The van der Waals surface area contributed by atoms with Crippen molar-refractivity contribution < 1.29 is 14.3 Å². The van der Waals surface area contributed by atoms with Crippen molar-refractivity contribution in [1.29, 1.82) is 0 Å². The number of anilines is 1. The van der Waals surface area contributed by atoms with Crippen molar-refractivity contribution in [2.24, 2.45) is 0 Å². The number of aryl methyl sites for hydroxylation is 1. The van der Waals surface area contributed by atoms with E-state index >= 15 is 0 Å². The maximum atomic E-state index is 12.1. The van der Waals surface area contributed by atoms with E-state index in [0.717, 1.165) is 15.8 Å². The van der Waals surface area contributed by atoms with Crippen LogP contribution in [-0.2, 0) is 4.79 Å². The first-order valence-electron chi connectivity index (χ1n) is 8.14. The Bertz CT molecular complexity index is 952. The van der Waals surface area contributed by atoms with Crippen molar-refractivity contribution in [2.45, 2.75) is 13.3 Å². The number of aromatic nitrogens is 1. The van der Waals surface area contributed by atoms with Crippen LogP contribution < -0.4 is 15.4 Å². The van der Waals surface area contributed by atoms with E-state index in [1.807, 2.05) is 25.1 Å². The first-order chi connectivity index (χ1) is 12.5. The number of thiazole rings is 1. The van der Waals surface area contributed by atoms with E-state index in [1.165, 1.54) is 11.3 Å². The normalized spacial score (nSPS) is 10.5. The molecule has 7 heteroatoms. The molecule has 0 bridgehead atoms. The van der Waals surface area contributed by atoms with E-state index in [9.17, 15) is 9.59 Å². The average molecular weight is 369 g/mol. The minimum atomic E-state index is -0.243. The maximum Gasteiger partial charge on any atom is 0.251 e. The van der Waals surface area contributed by atoms with Crippen LogP contribution in [0.25, 0.3) is 10.2 Å². The molecule has 3 aromatic rings. The number of benzene rings is 2. The van der Waals surface area contributed by atoms with Crippen LogP contribution in [0.1, 0.15) is 22.3 Å². The molecule has 2 N–H and O–H groups in total. The van der Waals surface area contributed by atoms with Crippen LogP contribution in [0.15, 0.2) is 42.5 Å². The second kappa shape index (κ2) is 7.97. The number of nitrogens with one attached hydrogen (secondary N) is 2. The summed E-state index contributed by atoms with van der Waals surface area (Å²) in [6.07, 6.45) is 0.171. The van der Waals surface area contributed by atoms with Crippen LogP contribution >= 0.6 is 11.3 Å². The Hall–Kier alpha value is -2.93. The van der Waals surface area contributed by atoms with Gasteiger partial charge in [0.05, 0.1) is 17.3 Å². The average Bonchev–Trinajstić information content (AvgIpc) is 3.02. The van der Waals surface area contributed by atoms with Gasteiger partial charge in [0, 0.05) is 18.5 Å². The van der Waals surface area contributed by atoms with Gasteiger partial charge in [0.2, 0.25) is 5.91 Å². The Morgan fingerprint density at radius 3 is 2.85 bits per heavy atom. The van der Waals surface area contributed by atoms with E-state index in [4.69, 9.17) is 4.74 Å². The summed E-state index contributed by atoms with van der Waals surface area (Å²) >= 11 is 1.44. The molecule has 0 atom stereocenters. The van der Waals surface area contributed by atoms with Gasteiger partial charge in [-0.15, -0.1) is 0 Å². The molecule has 0 aliphatic carbocycles. The molecule has 1 aromatic heterocycles. The van der Waals surface area contributed by atoms with Crippen molar-refractivity contribution in [3.8, 4) is 5.75 Å². The van der Waals surface area contributed by atoms with Gasteiger partial charge in [-0.25, -0.2) is 4.98 Å². The Morgan fingerprint density at radius 2 is 2.04 bits per heavy atom. The Kier molecular flexibility index (Phi) is 5.48. The molecule has 2 aromatic carbocycles. The largest absolute Gasteiger partial charge is 0.497 e. The number of fused-ring (bicyclic) bond motifs is 1. The topological polar surface area (TPSA) is 80.3 Å². The number of carbonyl (C=O) groups excluding carboxylic acids is 2. The highest BCUT2D eigenvalue weighted by Crippen LogP contribution is 2.26. The third-order valence-corrected chi connectivity index (χ3v) is 4.69. The van der Waals surface area contributed by atoms with Crippen LogP contribution in [0.4, 0.5) is 5.13 Å². The van der Waals surface area contributed by atoms with Crippen molar-refractivity contribution in [2.75, 3.05) is 19.0 Å². The SMILES string of the molecule is COc1cccc(C(=O)NCCC(=O)Nc2nc3ccc(C)cc3s2)c1. The number of nitrogens with zero attached hydrogens (tertiary/aromatic N) is 1. The standard InChI is InChI=1S/C19H19N3O3S/c1-12-6-7-15-16(10-12)26-19(21-15)22-17(23)8-9-20-18(24)13-4-3-5-14(11-13)25-2/h3-7,10-11H,8-9H2,1-2H3,(H,20,24)(H,21,22,23). The molecular weight excluding hydrogens is 350 g/mol. The van der Waals surface area contributed by atoms with Gasteiger partial charge < -0.3 is 15.4 Å². The number of hydrogen-bond donors (Lipinski definition) is 2. The zero-order chi connectivity index (χ0) is 18.5. The van der Waals surface area contributed by atoms with Crippen molar-refractivity contribution in [3.63, 3.8) is 0 Å². The highest BCUT2D eigenvalue weighted by Gasteiger charge is 2.10. The van der Waals surface area contributed by atoms with E-state index < -0.39 is 0 Å². The van der Waals surface area contributed by atoms with Crippen LogP contribution in [0.2, 0.25) is 0 Å². The Labute approximate surface area is 155 Å². The molecule has 2 amide bonds. The zero-order valence-corrected chi connectivity index (χ0v) is 15.4. The summed E-state index contributed by atoms with van der Waals surface area (Å²) in [4.78, 5) is 28.5. The lowest BCUT2D eigenvalue weighted by molar-refractivity contribution is -0.116. The molecule has 26 heavy (non-hydrogen) atoms. The summed E-state index contributed by atoms with van der Waals surface area (Å²) in [5.74, 6) is 0.181. The lowest BCUT2D eigenvalue weighted by Crippen LogP contribution is -2.27. The number of amides is 2. The van der Waals surface area contributed by atoms with Crippen LogP contribution in [0, 0.1) is 6.92 Å². The fourth-order valence-corrected chi connectivity index (χ4v) is 3.40. The van der Waals surface area contributed by atoms with Crippen LogP contribution in [-0.4, -0.2) is 30.5 Å². The molecule has 0 unspecified atom stereocenters. The fourth-order valence-electron chi connectivity index (χ4n) is 2.42. The highest BCUT2D eigenvalue weighted by atomic mass is 32.1. The summed E-state index contributed by atoms with van der Waals surface area (Å²) in [6, 6.07) is 12.8. The van der Waals surface area contributed by atoms with Crippen LogP contribution in [0.5, 0.6) is 5.75 Å². The van der Waals surface area contributed by atoms with Gasteiger partial charge >= 0.3 is 0 Å². The molecule has 0 fully saturated rings. The van der Waals surface area contributed by atoms with E-state index in [-0.39, 0.29) is 24.8 Å². The molecule has 6 nitrogen and oxygen atoms in total. The number of rotatable bonds is 6. The second-order valence-corrected chi connectivity index (χ2v) is 6.81. The minimum Gasteiger partial charge on any atom is -0.497 e. The van der Waals surface area contributed by atoms with Crippen LogP contribution in [0.3, 0.4) is 0 Å². The molecule has 0 aliphatic rings. The summed E-state index contributed by atoms with van der Waals surface area (Å²) in [5, 5.41) is 6.07. The monoisotopic (exact) mass is 369 g/mol. The summed E-state index contributed by atoms with van der Waals surface area (Å²) in [5.41, 5.74) is 2.51. The molecule has 1 heterocycles. The van der Waals surface area contributed by atoms with E-state index in [1.54, 1.807) is 31.4 Å². The van der Waals surface area contributed by atoms with Crippen molar-refractivity contribution in [1.82, 2.24) is 10.3 Å². The van der Waals surface area contributed by atoms with E-state index in [2.05, 4.69) is 15.6 Å². The number of carbonyl (C=O) groups is 2. The predicted octanol–water partition coefficient (Wildman–Crippen LogP) is 3.37.